The number of nitrogens with zero attached hydrogens (tertiary/aromatic N) is 1. The molecule has 0 atom stereocenters. The van der Waals surface area contributed by atoms with Crippen LogP contribution in [0.5, 0.6) is 0 Å². The Balaban J connectivity index is 2.64. The molecule has 0 spiro atoms. The van der Waals surface area contributed by atoms with Crippen molar-refractivity contribution < 1.29 is 9.59 Å². The zero-order valence-corrected chi connectivity index (χ0v) is 9.10. The van der Waals surface area contributed by atoms with Crippen molar-refractivity contribution in [1.29, 1.82) is 0 Å². The van der Waals surface area contributed by atoms with Crippen LogP contribution in [0.15, 0.2) is 6.07 Å². The Morgan fingerprint density at radius 2 is 2.08 bits per heavy atom. The lowest BCUT2D eigenvalue weighted by Gasteiger charge is -2.00. The number of imide groups is 1. The third kappa shape index (κ3) is 0.925. The van der Waals surface area contributed by atoms with Crippen molar-refractivity contribution in [3.8, 4) is 0 Å². The number of rotatable bonds is 0. The van der Waals surface area contributed by atoms with E-state index in [1.165, 1.54) is 11.3 Å². The van der Waals surface area contributed by atoms with Crippen LogP contribution in [0.3, 0.4) is 0 Å². The lowest BCUT2D eigenvalue weighted by Crippen LogP contribution is -2.17. The number of carbonyl (C=O) groups excluding carboxylic acids is 2. The van der Waals surface area contributed by atoms with Gasteiger partial charge < -0.3 is 0 Å². The summed E-state index contributed by atoms with van der Waals surface area (Å²) in [6.07, 6.45) is 0. The van der Waals surface area contributed by atoms with Gasteiger partial charge in [0.1, 0.15) is 4.88 Å². The number of carbonyl (C=O) groups is 2. The maximum Gasteiger partial charge on any atom is 0.280 e. The van der Waals surface area contributed by atoms with Crippen LogP contribution in [0.2, 0.25) is 0 Å². The zero-order chi connectivity index (χ0) is 8.88. The van der Waals surface area contributed by atoms with Gasteiger partial charge in [-0.15, -0.1) is 11.3 Å². The molecule has 0 N–H and O–H groups in total. The molecular weight excluding hydrogens is 289 g/mol. The van der Waals surface area contributed by atoms with Crippen molar-refractivity contribution in [2.45, 2.75) is 6.92 Å². The van der Waals surface area contributed by atoms with Crippen molar-refractivity contribution >= 4 is 46.0 Å². The molecule has 2 rings (SSSR count). The summed E-state index contributed by atoms with van der Waals surface area (Å²) in [5.41, 5.74) is 0.553. The van der Waals surface area contributed by atoms with Gasteiger partial charge in [-0.1, -0.05) is 0 Å². The van der Waals surface area contributed by atoms with Gasteiger partial charge in [0.15, 0.2) is 0 Å². The van der Waals surface area contributed by atoms with Gasteiger partial charge in [0.2, 0.25) is 0 Å². The number of amides is 2. The molecule has 2 amide bonds. The molecule has 1 aliphatic rings. The minimum atomic E-state index is -0.194. The average Bonchev–Trinajstić information content (AvgIpc) is 2.49. The molecule has 1 aliphatic heterocycles. The number of thiophene rings is 1. The van der Waals surface area contributed by atoms with Crippen molar-refractivity contribution in [2.24, 2.45) is 0 Å². The molecule has 1 aromatic heterocycles. The summed E-state index contributed by atoms with van der Waals surface area (Å²) in [5, 5.41) is 0. The molecule has 12 heavy (non-hydrogen) atoms. The van der Waals surface area contributed by atoms with Crippen LogP contribution in [0.25, 0.3) is 0 Å². The number of hydrogen-bond acceptors (Lipinski definition) is 3. The number of hydrogen-bond donors (Lipinski definition) is 0. The van der Waals surface area contributed by atoms with Crippen LogP contribution in [0.1, 0.15) is 24.9 Å². The molecule has 0 fully saturated rings. The Kier molecular flexibility index (Phi) is 1.72. The molecule has 1 aromatic rings. The maximum absolute atomic E-state index is 11.3. The first-order chi connectivity index (χ1) is 5.61. The molecule has 62 valence electrons. The standard InChI is InChI=1S/C7H4INO2S/c1-3-2-4-5(12-3)7(11)9(8)6(4)10/h2H,1H3. The summed E-state index contributed by atoms with van der Waals surface area (Å²) < 4.78 is 1.12. The van der Waals surface area contributed by atoms with E-state index < -0.39 is 0 Å². The lowest BCUT2D eigenvalue weighted by molar-refractivity contribution is 0.0798. The number of aryl methyl sites for hydroxylation is 1. The van der Waals surface area contributed by atoms with Crippen LogP contribution < -0.4 is 0 Å². The van der Waals surface area contributed by atoms with E-state index in [-0.39, 0.29) is 11.8 Å². The van der Waals surface area contributed by atoms with E-state index in [4.69, 9.17) is 0 Å². The first-order valence-electron chi connectivity index (χ1n) is 3.26. The highest BCUT2D eigenvalue weighted by Gasteiger charge is 2.35. The van der Waals surface area contributed by atoms with E-state index in [0.717, 1.165) is 7.99 Å². The summed E-state index contributed by atoms with van der Waals surface area (Å²) >= 11 is 3.10. The normalized spacial score (nSPS) is 15.7. The molecule has 0 unspecified atom stereocenters. The van der Waals surface area contributed by atoms with Crippen molar-refractivity contribution in [2.75, 3.05) is 0 Å². The first-order valence-corrected chi connectivity index (χ1v) is 5.04. The van der Waals surface area contributed by atoms with Gasteiger partial charge in [-0.2, -0.15) is 0 Å². The second-order valence-electron chi connectivity index (χ2n) is 2.49. The molecule has 0 saturated heterocycles. The fraction of sp³-hybridized carbons (Fsp3) is 0.143. The van der Waals surface area contributed by atoms with Crippen LogP contribution in [-0.4, -0.2) is 14.9 Å². The van der Waals surface area contributed by atoms with Crippen molar-refractivity contribution in [3.05, 3.63) is 21.4 Å². The highest BCUT2D eigenvalue weighted by atomic mass is 127. The predicted octanol–water partition coefficient (Wildman–Crippen LogP) is 2.00. The average molecular weight is 293 g/mol. The predicted molar refractivity (Wildman–Crippen MR) is 53.6 cm³/mol. The minimum Gasteiger partial charge on any atom is -0.268 e. The molecular formula is C7H4INO2S. The van der Waals surface area contributed by atoms with Gasteiger partial charge in [-0.05, 0) is 13.0 Å². The van der Waals surface area contributed by atoms with E-state index in [2.05, 4.69) is 0 Å². The SMILES string of the molecule is Cc1cc2c(s1)C(=O)N(I)C2=O. The molecule has 3 nitrogen and oxygen atoms in total. The molecule has 0 radical (unpaired) electrons. The Bertz CT molecular complexity index is 351. The Hall–Kier alpha value is -0.430. The number of fused-ring (bicyclic) bond motifs is 1. The second-order valence-corrected chi connectivity index (χ2v) is 4.71. The third-order valence-electron chi connectivity index (χ3n) is 1.64. The zero-order valence-electron chi connectivity index (χ0n) is 6.13. The highest BCUT2D eigenvalue weighted by molar-refractivity contribution is 14.1. The largest absolute Gasteiger partial charge is 0.280 e. The van der Waals surface area contributed by atoms with Crippen LogP contribution >= 0.6 is 34.2 Å². The fourth-order valence-electron chi connectivity index (χ4n) is 1.12. The van der Waals surface area contributed by atoms with Gasteiger partial charge in [0.25, 0.3) is 11.8 Å². The summed E-state index contributed by atoms with van der Waals surface area (Å²) in [4.78, 5) is 24.2. The Labute approximate surface area is 86.9 Å². The molecule has 2 heterocycles. The quantitative estimate of drug-likeness (QED) is 0.417. The number of halogens is 1. The molecule has 0 bridgehead atoms. The van der Waals surface area contributed by atoms with Gasteiger partial charge in [-0.3, -0.25) is 9.59 Å². The smallest absolute Gasteiger partial charge is 0.268 e. The fourth-order valence-corrected chi connectivity index (χ4v) is 2.72. The van der Waals surface area contributed by atoms with E-state index >= 15 is 0 Å². The van der Waals surface area contributed by atoms with E-state index in [1.807, 2.05) is 6.92 Å². The third-order valence-corrected chi connectivity index (χ3v) is 3.55. The Morgan fingerprint density at radius 3 is 2.67 bits per heavy atom. The first kappa shape index (κ1) is 8.18. The van der Waals surface area contributed by atoms with Gasteiger partial charge in [0.05, 0.1) is 28.4 Å². The van der Waals surface area contributed by atoms with Crippen molar-refractivity contribution in [1.82, 2.24) is 3.11 Å². The van der Waals surface area contributed by atoms with Gasteiger partial charge >= 0.3 is 0 Å². The van der Waals surface area contributed by atoms with E-state index in [1.54, 1.807) is 28.9 Å². The van der Waals surface area contributed by atoms with Crippen LogP contribution in [0, 0.1) is 6.92 Å². The summed E-state index contributed by atoms with van der Waals surface area (Å²) in [7, 11) is 0. The maximum atomic E-state index is 11.3. The second kappa shape index (κ2) is 2.53. The van der Waals surface area contributed by atoms with E-state index in [9.17, 15) is 9.59 Å². The van der Waals surface area contributed by atoms with Crippen molar-refractivity contribution in [3.63, 3.8) is 0 Å². The van der Waals surface area contributed by atoms with E-state index in [0.29, 0.717) is 10.4 Å². The highest BCUT2D eigenvalue weighted by Crippen LogP contribution is 2.32. The topological polar surface area (TPSA) is 37.4 Å². The summed E-state index contributed by atoms with van der Waals surface area (Å²) in [6, 6.07) is 1.76. The van der Waals surface area contributed by atoms with Gasteiger partial charge in [0, 0.05) is 4.88 Å². The summed E-state index contributed by atoms with van der Waals surface area (Å²) in [5.74, 6) is -0.381. The summed E-state index contributed by atoms with van der Waals surface area (Å²) in [6.45, 7) is 1.89. The lowest BCUT2D eigenvalue weighted by atomic mass is 10.3. The minimum absolute atomic E-state index is 0.186. The monoisotopic (exact) mass is 293 g/mol. The van der Waals surface area contributed by atoms with Gasteiger partial charge in [-0.25, -0.2) is 3.11 Å². The van der Waals surface area contributed by atoms with Crippen LogP contribution in [-0.2, 0) is 0 Å². The molecule has 0 saturated carbocycles. The molecule has 0 aromatic carbocycles. The van der Waals surface area contributed by atoms with Crippen LogP contribution in [0.4, 0.5) is 0 Å². The molecule has 0 aliphatic carbocycles. The Morgan fingerprint density at radius 1 is 1.42 bits per heavy atom. The molecule has 5 heteroatoms.